The molecule has 1 aromatic carbocycles. The fourth-order valence-corrected chi connectivity index (χ4v) is 2.61. The molecule has 20 heavy (non-hydrogen) atoms. The summed E-state index contributed by atoms with van der Waals surface area (Å²) in [5, 5.41) is 17.4. The maximum atomic E-state index is 12.0. The van der Waals surface area contributed by atoms with E-state index in [1.807, 2.05) is 17.7 Å². The van der Waals surface area contributed by atoms with Crippen molar-refractivity contribution in [2.75, 3.05) is 5.73 Å². The number of nitro benzene ring substituents is 1. The zero-order valence-corrected chi connectivity index (χ0v) is 11.6. The Labute approximate surface area is 119 Å². The lowest BCUT2D eigenvalue weighted by Crippen LogP contribution is -2.24. The molecule has 0 aliphatic rings. The highest BCUT2D eigenvalue weighted by molar-refractivity contribution is 7.08. The molecule has 7 heteroatoms. The highest BCUT2D eigenvalue weighted by Gasteiger charge is 2.18. The lowest BCUT2D eigenvalue weighted by atomic mass is 10.1. The third kappa shape index (κ3) is 2.77. The predicted molar refractivity (Wildman–Crippen MR) is 77.7 cm³/mol. The average molecular weight is 291 g/mol. The van der Waals surface area contributed by atoms with E-state index in [1.165, 1.54) is 18.2 Å². The number of rotatable bonds is 4. The number of thiophene rings is 1. The number of carbonyl (C=O) groups is 1. The zero-order chi connectivity index (χ0) is 14.7. The Balaban J connectivity index is 2.16. The van der Waals surface area contributed by atoms with Gasteiger partial charge in [-0.05, 0) is 34.9 Å². The molecule has 1 heterocycles. The van der Waals surface area contributed by atoms with Crippen molar-refractivity contribution in [2.24, 2.45) is 0 Å². The van der Waals surface area contributed by atoms with Gasteiger partial charge in [-0.25, -0.2) is 0 Å². The van der Waals surface area contributed by atoms with Gasteiger partial charge in [-0.3, -0.25) is 14.9 Å². The van der Waals surface area contributed by atoms with Crippen LogP contribution in [-0.2, 0) is 6.54 Å². The third-order valence-electron chi connectivity index (χ3n) is 2.93. The van der Waals surface area contributed by atoms with Gasteiger partial charge in [-0.2, -0.15) is 11.3 Å². The summed E-state index contributed by atoms with van der Waals surface area (Å²) in [6, 6.07) is 4.19. The van der Waals surface area contributed by atoms with Gasteiger partial charge in [0.25, 0.3) is 11.6 Å². The molecule has 1 aromatic heterocycles. The number of nitrogens with two attached hydrogens (primary N) is 1. The summed E-state index contributed by atoms with van der Waals surface area (Å²) in [5.41, 5.74) is 7.53. The average Bonchev–Trinajstić information content (AvgIpc) is 2.81. The first-order chi connectivity index (χ1) is 9.50. The Morgan fingerprint density at radius 2 is 2.20 bits per heavy atom. The van der Waals surface area contributed by atoms with E-state index in [0.717, 1.165) is 11.1 Å². The van der Waals surface area contributed by atoms with Crippen molar-refractivity contribution >= 4 is 28.6 Å². The molecule has 104 valence electrons. The summed E-state index contributed by atoms with van der Waals surface area (Å²) in [7, 11) is 0. The first-order valence-electron chi connectivity index (χ1n) is 5.83. The molecule has 0 saturated heterocycles. The van der Waals surface area contributed by atoms with Gasteiger partial charge < -0.3 is 11.1 Å². The molecule has 0 aliphatic carbocycles. The number of benzene rings is 1. The van der Waals surface area contributed by atoms with Crippen LogP contribution in [0.3, 0.4) is 0 Å². The van der Waals surface area contributed by atoms with Crippen molar-refractivity contribution in [3.8, 4) is 0 Å². The number of amides is 1. The van der Waals surface area contributed by atoms with E-state index >= 15 is 0 Å². The Bertz CT molecular complexity index is 667. The number of nitrogens with one attached hydrogen (secondary N) is 1. The first-order valence-corrected chi connectivity index (χ1v) is 6.77. The van der Waals surface area contributed by atoms with Gasteiger partial charge in [0, 0.05) is 12.6 Å². The molecule has 0 fully saturated rings. The van der Waals surface area contributed by atoms with Crippen molar-refractivity contribution in [3.63, 3.8) is 0 Å². The van der Waals surface area contributed by atoms with Crippen molar-refractivity contribution < 1.29 is 9.72 Å². The summed E-state index contributed by atoms with van der Waals surface area (Å²) in [6.07, 6.45) is 0. The largest absolute Gasteiger partial charge is 0.393 e. The molecule has 0 aliphatic heterocycles. The Kier molecular flexibility index (Phi) is 3.99. The number of nitrogen functional groups attached to an aromatic ring is 1. The molecule has 0 bridgehead atoms. The summed E-state index contributed by atoms with van der Waals surface area (Å²) >= 11 is 1.56. The Hall–Kier alpha value is -2.41. The standard InChI is InChI=1S/C13H13N3O3S/c1-8-6-20-7-9(8)5-15-13(17)10-3-2-4-11(12(10)14)16(18)19/h2-4,6-7H,5,14H2,1H3,(H,15,17). The normalized spacial score (nSPS) is 10.2. The fraction of sp³-hybridized carbons (Fsp3) is 0.154. The van der Waals surface area contributed by atoms with Gasteiger partial charge >= 0.3 is 0 Å². The number of para-hydroxylation sites is 1. The van der Waals surface area contributed by atoms with Crippen molar-refractivity contribution in [3.05, 3.63) is 55.8 Å². The number of anilines is 1. The van der Waals surface area contributed by atoms with Crippen LogP contribution >= 0.6 is 11.3 Å². The van der Waals surface area contributed by atoms with Gasteiger partial charge in [0.15, 0.2) is 0 Å². The fourth-order valence-electron chi connectivity index (χ4n) is 1.75. The second-order valence-electron chi connectivity index (χ2n) is 4.26. The molecular weight excluding hydrogens is 278 g/mol. The monoisotopic (exact) mass is 291 g/mol. The second kappa shape index (κ2) is 5.70. The number of nitro groups is 1. The van der Waals surface area contributed by atoms with Gasteiger partial charge in [0.2, 0.25) is 0 Å². The molecule has 2 aromatic rings. The van der Waals surface area contributed by atoms with Gasteiger partial charge in [0.1, 0.15) is 5.69 Å². The van der Waals surface area contributed by atoms with Crippen molar-refractivity contribution in [2.45, 2.75) is 13.5 Å². The van der Waals surface area contributed by atoms with Gasteiger partial charge in [-0.1, -0.05) is 6.07 Å². The van der Waals surface area contributed by atoms with E-state index in [2.05, 4.69) is 5.32 Å². The summed E-state index contributed by atoms with van der Waals surface area (Å²) in [6.45, 7) is 2.33. The topological polar surface area (TPSA) is 98.3 Å². The molecule has 3 N–H and O–H groups in total. The quantitative estimate of drug-likeness (QED) is 0.513. The number of carbonyl (C=O) groups excluding carboxylic acids is 1. The van der Waals surface area contributed by atoms with E-state index in [0.29, 0.717) is 6.54 Å². The minimum Gasteiger partial charge on any atom is -0.393 e. The van der Waals surface area contributed by atoms with Crippen LogP contribution in [0, 0.1) is 17.0 Å². The lowest BCUT2D eigenvalue weighted by Gasteiger charge is -2.07. The molecule has 0 spiro atoms. The van der Waals surface area contributed by atoms with Crippen LogP contribution in [0.1, 0.15) is 21.5 Å². The molecule has 2 rings (SSSR count). The summed E-state index contributed by atoms with van der Waals surface area (Å²) in [5.74, 6) is -0.420. The van der Waals surface area contributed by atoms with Crippen LogP contribution in [0.15, 0.2) is 29.0 Å². The molecule has 0 unspecified atom stereocenters. The van der Waals surface area contributed by atoms with Crippen LogP contribution < -0.4 is 11.1 Å². The van der Waals surface area contributed by atoms with Crippen LogP contribution in [0.5, 0.6) is 0 Å². The molecule has 6 nitrogen and oxygen atoms in total. The predicted octanol–water partition coefficient (Wildman–Crippen LogP) is 2.48. The number of aryl methyl sites for hydroxylation is 1. The van der Waals surface area contributed by atoms with E-state index in [4.69, 9.17) is 5.73 Å². The Morgan fingerprint density at radius 3 is 2.80 bits per heavy atom. The SMILES string of the molecule is Cc1cscc1CNC(=O)c1cccc([N+](=O)[O-])c1N. The summed E-state index contributed by atoms with van der Waals surface area (Å²) in [4.78, 5) is 22.2. The lowest BCUT2D eigenvalue weighted by molar-refractivity contribution is -0.383. The molecular formula is C13H13N3O3S. The van der Waals surface area contributed by atoms with Crippen LogP contribution in [-0.4, -0.2) is 10.8 Å². The first kappa shape index (κ1) is 14.0. The zero-order valence-electron chi connectivity index (χ0n) is 10.8. The number of hydrogen-bond donors (Lipinski definition) is 2. The maximum Gasteiger partial charge on any atom is 0.292 e. The highest BCUT2D eigenvalue weighted by Crippen LogP contribution is 2.24. The second-order valence-corrected chi connectivity index (χ2v) is 5.00. The summed E-state index contributed by atoms with van der Waals surface area (Å²) < 4.78 is 0. The smallest absolute Gasteiger partial charge is 0.292 e. The Morgan fingerprint density at radius 1 is 1.45 bits per heavy atom. The molecule has 1 amide bonds. The van der Waals surface area contributed by atoms with E-state index in [9.17, 15) is 14.9 Å². The highest BCUT2D eigenvalue weighted by atomic mass is 32.1. The third-order valence-corrected chi connectivity index (χ3v) is 3.84. The molecule has 0 radical (unpaired) electrons. The molecule has 0 saturated carbocycles. The van der Waals surface area contributed by atoms with Gasteiger partial charge in [0.05, 0.1) is 10.5 Å². The van der Waals surface area contributed by atoms with E-state index in [-0.39, 0.29) is 16.9 Å². The van der Waals surface area contributed by atoms with Gasteiger partial charge in [-0.15, -0.1) is 0 Å². The number of hydrogen-bond acceptors (Lipinski definition) is 5. The van der Waals surface area contributed by atoms with E-state index < -0.39 is 10.8 Å². The minimum atomic E-state index is -0.602. The number of nitrogens with zero attached hydrogens (tertiary/aromatic N) is 1. The molecule has 0 atom stereocenters. The maximum absolute atomic E-state index is 12.0. The van der Waals surface area contributed by atoms with Crippen LogP contribution in [0.25, 0.3) is 0 Å². The van der Waals surface area contributed by atoms with Crippen LogP contribution in [0.2, 0.25) is 0 Å². The van der Waals surface area contributed by atoms with Crippen molar-refractivity contribution in [1.82, 2.24) is 5.32 Å². The van der Waals surface area contributed by atoms with Crippen molar-refractivity contribution in [1.29, 1.82) is 0 Å². The van der Waals surface area contributed by atoms with Crippen LogP contribution in [0.4, 0.5) is 11.4 Å². The minimum absolute atomic E-state index is 0.114. The van der Waals surface area contributed by atoms with E-state index in [1.54, 1.807) is 11.3 Å².